The zero-order chi connectivity index (χ0) is 32.3. The van der Waals surface area contributed by atoms with E-state index in [2.05, 4.69) is 10.3 Å². The second-order valence-corrected chi connectivity index (χ2v) is 11.4. The van der Waals surface area contributed by atoms with Gasteiger partial charge >= 0.3 is 18.1 Å². The van der Waals surface area contributed by atoms with Crippen molar-refractivity contribution in [2.75, 3.05) is 20.5 Å². The van der Waals surface area contributed by atoms with E-state index in [1.807, 2.05) is 0 Å². The molecule has 1 aliphatic heterocycles. The molecule has 0 spiro atoms. The van der Waals surface area contributed by atoms with Crippen molar-refractivity contribution < 1.29 is 56.3 Å². The number of pyridine rings is 1. The number of carbonyl (C=O) groups excluding carboxylic acids is 2. The van der Waals surface area contributed by atoms with Gasteiger partial charge in [0.15, 0.2) is 17.7 Å². The van der Waals surface area contributed by atoms with Gasteiger partial charge in [0.25, 0.3) is 0 Å². The minimum Gasteiger partial charge on any atom is -0.493 e. The van der Waals surface area contributed by atoms with Crippen molar-refractivity contribution in [1.29, 1.82) is 0 Å². The van der Waals surface area contributed by atoms with Crippen LogP contribution in [0.2, 0.25) is 0 Å². The van der Waals surface area contributed by atoms with Gasteiger partial charge in [-0.2, -0.15) is 13.2 Å². The Balaban J connectivity index is 1.72. The lowest BCUT2D eigenvalue weighted by atomic mass is 10.0. The summed E-state index contributed by atoms with van der Waals surface area (Å²) in [6, 6.07) is 0.536. The van der Waals surface area contributed by atoms with E-state index in [1.165, 1.54) is 19.4 Å². The van der Waals surface area contributed by atoms with E-state index >= 15 is 0 Å². The van der Waals surface area contributed by atoms with Gasteiger partial charge in [0.2, 0.25) is 6.79 Å². The first-order chi connectivity index (χ1) is 20.9. The molecule has 3 rings (SSSR count). The van der Waals surface area contributed by atoms with Crippen LogP contribution in [-0.2, 0) is 28.5 Å². The average Bonchev–Trinajstić information content (AvgIpc) is 3.49. The van der Waals surface area contributed by atoms with Crippen molar-refractivity contribution in [3.8, 4) is 11.5 Å². The van der Waals surface area contributed by atoms with Crippen molar-refractivity contribution in [1.82, 2.24) is 10.3 Å². The molecule has 250 valence electrons. The summed E-state index contributed by atoms with van der Waals surface area (Å²) in [6.07, 6.45) is -2.60. The van der Waals surface area contributed by atoms with Crippen molar-refractivity contribution in [3.63, 3.8) is 0 Å². The Hall–Kier alpha value is -2.68. The number of alkyl halides is 3. The van der Waals surface area contributed by atoms with Gasteiger partial charge in [0.05, 0.1) is 25.2 Å². The Morgan fingerprint density at radius 1 is 1.18 bits per heavy atom. The third-order valence-corrected chi connectivity index (χ3v) is 7.59. The summed E-state index contributed by atoms with van der Waals surface area (Å²) in [5.41, 5.74) is -0.000941. The molecular weight excluding hydrogens is 589 g/mol. The van der Waals surface area contributed by atoms with Crippen molar-refractivity contribution >= 4 is 11.9 Å². The standard InChI is InChI=1S/C30H45F3N2O9/c1-18(2)28(37)42-17-41-26-22(39-4)13-15-34-24(26)27(36)35-21-11-7-12-23(44-20-9-5-6-10-20)25(19(3)43-29(21)38)40-16-8-14-30(31,32)33/h13,15,18-21,23,25,27,35-36H,5-12,14,16-17H2,1-4H3/t19-,21-,23-,25-,27?/m0/s1. The Labute approximate surface area is 256 Å². The third-order valence-electron chi connectivity index (χ3n) is 7.59. The van der Waals surface area contributed by atoms with Crippen LogP contribution < -0.4 is 14.8 Å². The molecule has 0 amide bonds. The molecule has 1 aliphatic carbocycles. The van der Waals surface area contributed by atoms with Crippen molar-refractivity contribution in [2.45, 2.75) is 121 Å². The molecule has 14 heteroatoms. The van der Waals surface area contributed by atoms with Gasteiger partial charge in [-0.1, -0.05) is 26.7 Å². The Bertz CT molecular complexity index is 1050. The van der Waals surface area contributed by atoms with E-state index < -0.39 is 61.9 Å². The van der Waals surface area contributed by atoms with Crippen LogP contribution in [-0.4, -0.2) is 79.2 Å². The normalized spacial score (nSPS) is 24.2. The molecule has 1 unspecified atom stereocenters. The number of halogens is 3. The largest absolute Gasteiger partial charge is 0.493 e. The lowest BCUT2D eigenvalue weighted by Gasteiger charge is -2.33. The predicted octanol–water partition coefficient (Wildman–Crippen LogP) is 4.75. The Morgan fingerprint density at radius 3 is 2.57 bits per heavy atom. The maximum Gasteiger partial charge on any atom is 0.389 e. The molecule has 1 saturated heterocycles. The molecule has 11 nitrogen and oxygen atoms in total. The van der Waals surface area contributed by atoms with Crippen LogP contribution in [0, 0.1) is 5.92 Å². The molecule has 1 aromatic rings. The first kappa shape index (κ1) is 35.8. The molecule has 0 bridgehead atoms. The van der Waals surface area contributed by atoms with Crippen LogP contribution in [0.15, 0.2) is 12.3 Å². The first-order valence-electron chi connectivity index (χ1n) is 15.2. The van der Waals surface area contributed by atoms with Gasteiger partial charge in [-0.25, -0.2) is 0 Å². The minimum absolute atomic E-state index is 0.000941. The molecule has 5 atom stereocenters. The molecule has 0 radical (unpaired) electrons. The third kappa shape index (κ3) is 11.0. The molecule has 1 aromatic heterocycles. The quantitative estimate of drug-likeness (QED) is 0.167. The fourth-order valence-corrected chi connectivity index (χ4v) is 5.27. The van der Waals surface area contributed by atoms with Gasteiger partial charge in [-0.15, -0.1) is 0 Å². The van der Waals surface area contributed by atoms with E-state index in [1.54, 1.807) is 20.8 Å². The number of nitrogens with one attached hydrogen (secondary N) is 1. The maximum atomic E-state index is 13.3. The molecule has 2 fully saturated rings. The number of cyclic esters (lactones) is 1. The number of aromatic nitrogens is 1. The highest BCUT2D eigenvalue weighted by molar-refractivity contribution is 5.76. The van der Waals surface area contributed by atoms with Crippen molar-refractivity contribution in [3.05, 3.63) is 18.0 Å². The number of hydrogen-bond donors (Lipinski definition) is 2. The number of carbonyl (C=O) groups is 2. The Morgan fingerprint density at radius 2 is 1.91 bits per heavy atom. The van der Waals surface area contributed by atoms with E-state index in [4.69, 9.17) is 28.4 Å². The van der Waals surface area contributed by atoms with Crippen LogP contribution in [0.1, 0.15) is 90.5 Å². The molecule has 2 N–H and O–H groups in total. The lowest BCUT2D eigenvalue weighted by Crippen LogP contribution is -2.45. The summed E-state index contributed by atoms with van der Waals surface area (Å²) in [4.78, 5) is 29.3. The van der Waals surface area contributed by atoms with Gasteiger partial charge in [-0.3, -0.25) is 19.9 Å². The predicted molar refractivity (Wildman–Crippen MR) is 151 cm³/mol. The highest BCUT2D eigenvalue weighted by Crippen LogP contribution is 2.34. The second-order valence-electron chi connectivity index (χ2n) is 11.4. The fourth-order valence-electron chi connectivity index (χ4n) is 5.27. The SMILES string of the molecule is COc1ccnc(C(O)N[C@H]2CCC[C@H](OC3CCCC3)[C@@H](OCCCC(F)(F)F)[C@H](C)OC2=O)c1OCOC(=O)C(C)C. The van der Waals surface area contributed by atoms with Gasteiger partial charge in [-0.05, 0) is 45.4 Å². The summed E-state index contributed by atoms with van der Waals surface area (Å²) in [5, 5.41) is 14.0. The lowest BCUT2D eigenvalue weighted by molar-refractivity contribution is -0.175. The first-order valence-corrected chi connectivity index (χ1v) is 15.2. The molecule has 2 aliphatic rings. The molecular formula is C30H45F3N2O9. The number of rotatable bonds is 14. The minimum atomic E-state index is -4.29. The van der Waals surface area contributed by atoms with Gasteiger partial charge in [0, 0.05) is 25.3 Å². The van der Waals surface area contributed by atoms with Crippen LogP contribution in [0.5, 0.6) is 11.5 Å². The van der Waals surface area contributed by atoms with Crippen LogP contribution >= 0.6 is 0 Å². The smallest absolute Gasteiger partial charge is 0.389 e. The van der Waals surface area contributed by atoms with Crippen LogP contribution in [0.3, 0.4) is 0 Å². The number of methoxy groups -OCH3 is 1. The monoisotopic (exact) mass is 634 g/mol. The fraction of sp³-hybridized carbons (Fsp3) is 0.767. The number of aliphatic hydroxyl groups is 1. The topological polar surface area (TPSA) is 135 Å². The second kappa shape index (κ2) is 17.1. The summed E-state index contributed by atoms with van der Waals surface area (Å²) in [7, 11) is 1.40. The average molecular weight is 635 g/mol. The van der Waals surface area contributed by atoms with Gasteiger partial charge in [0.1, 0.15) is 23.9 Å². The van der Waals surface area contributed by atoms with E-state index in [0.717, 1.165) is 25.7 Å². The number of ether oxygens (including phenoxy) is 6. The summed E-state index contributed by atoms with van der Waals surface area (Å²) in [6.45, 7) is 4.37. The zero-order valence-corrected chi connectivity index (χ0v) is 25.8. The zero-order valence-electron chi connectivity index (χ0n) is 25.8. The van der Waals surface area contributed by atoms with Gasteiger partial charge < -0.3 is 33.5 Å². The highest BCUT2D eigenvalue weighted by atomic mass is 19.4. The summed E-state index contributed by atoms with van der Waals surface area (Å²) in [5.74, 6) is -1.27. The number of aliphatic hydroxyl groups excluding tert-OH is 1. The van der Waals surface area contributed by atoms with Crippen LogP contribution in [0.25, 0.3) is 0 Å². The number of esters is 2. The number of hydrogen-bond acceptors (Lipinski definition) is 11. The van der Waals surface area contributed by atoms with Crippen LogP contribution in [0.4, 0.5) is 13.2 Å². The van der Waals surface area contributed by atoms with E-state index in [0.29, 0.717) is 12.8 Å². The van der Waals surface area contributed by atoms with E-state index in [9.17, 15) is 27.9 Å². The Kier molecular flexibility index (Phi) is 13.9. The maximum absolute atomic E-state index is 13.3. The summed E-state index contributed by atoms with van der Waals surface area (Å²) >= 11 is 0. The number of nitrogens with zero attached hydrogens (tertiary/aromatic N) is 1. The summed E-state index contributed by atoms with van der Waals surface area (Å²) < 4.78 is 72.2. The molecule has 2 heterocycles. The van der Waals surface area contributed by atoms with Crippen molar-refractivity contribution in [2.24, 2.45) is 5.92 Å². The molecule has 0 aromatic carbocycles. The molecule has 1 saturated carbocycles. The highest BCUT2D eigenvalue weighted by Gasteiger charge is 2.38. The van der Waals surface area contributed by atoms with E-state index in [-0.39, 0.29) is 48.7 Å². The molecule has 44 heavy (non-hydrogen) atoms.